The van der Waals surface area contributed by atoms with Gasteiger partial charge in [0.2, 0.25) is 5.71 Å². The first-order chi connectivity index (χ1) is 9.81. The molecule has 0 spiro atoms. The topological polar surface area (TPSA) is 58.4 Å². The maximum Gasteiger partial charge on any atom is 0.261 e. The fourth-order valence-corrected chi connectivity index (χ4v) is 3.15. The van der Waals surface area contributed by atoms with E-state index in [1.165, 1.54) is 0 Å². The Morgan fingerprint density at radius 3 is 2.70 bits per heavy atom. The smallest absolute Gasteiger partial charge is 0.261 e. The van der Waals surface area contributed by atoms with E-state index in [0.717, 1.165) is 42.3 Å². The number of fused-ring (bicyclic) bond motifs is 4. The number of pyridine rings is 1. The summed E-state index contributed by atoms with van der Waals surface area (Å²) in [5, 5.41) is 9.48. The quantitative estimate of drug-likeness (QED) is 0.627. The van der Waals surface area contributed by atoms with Crippen molar-refractivity contribution in [2.24, 2.45) is 0 Å². The summed E-state index contributed by atoms with van der Waals surface area (Å²) in [5.74, 6) is 0. The van der Waals surface area contributed by atoms with Gasteiger partial charge in [-0.2, -0.15) is 5.26 Å². The zero-order valence-electron chi connectivity index (χ0n) is 10.8. The number of nitrogens with zero attached hydrogens (tertiary/aromatic N) is 2. The molecule has 0 bridgehead atoms. The van der Waals surface area contributed by atoms with Gasteiger partial charge in [0.15, 0.2) is 5.58 Å². The molecule has 4 rings (SSSR count). The molecular formula is C16H12N2O2. The maximum absolute atomic E-state index is 12.7. The third-order valence-electron chi connectivity index (χ3n) is 4.07. The number of para-hydroxylation sites is 2. The Labute approximate surface area is 114 Å². The van der Waals surface area contributed by atoms with Crippen LogP contribution >= 0.6 is 0 Å². The minimum absolute atomic E-state index is 0.0290. The van der Waals surface area contributed by atoms with Gasteiger partial charge in [-0.25, -0.2) is 4.40 Å². The second-order valence-electron chi connectivity index (χ2n) is 5.17. The third kappa shape index (κ3) is 1.32. The highest BCUT2D eigenvalue weighted by Gasteiger charge is 2.23. The van der Waals surface area contributed by atoms with Crippen molar-refractivity contribution < 1.29 is 4.42 Å². The first-order valence-corrected chi connectivity index (χ1v) is 6.79. The van der Waals surface area contributed by atoms with E-state index in [9.17, 15) is 10.1 Å². The second-order valence-corrected chi connectivity index (χ2v) is 5.17. The van der Waals surface area contributed by atoms with Crippen LogP contribution in [-0.4, -0.2) is 4.40 Å². The van der Waals surface area contributed by atoms with Crippen molar-refractivity contribution in [1.29, 1.82) is 5.26 Å². The lowest BCUT2D eigenvalue weighted by atomic mass is 9.90. The summed E-state index contributed by atoms with van der Waals surface area (Å²) in [6, 6.07) is 9.64. The minimum atomic E-state index is -0.0290. The normalized spacial score (nSPS) is 14.3. The molecule has 0 radical (unpaired) electrons. The molecule has 0 amide bonds. The molecule has 0 N–H and O–H groups in total. The van der Waals surface area contributed by atoms with E-state index < -0.39 is 0 Å². The molecule has 4 nitrogen and oxygen atoms in total. The molecule has 0 saturated carbocycles. The Morgan fingerprint density at radius 2 is 1.90 bits per heavy atom. The summed E-state index contributed by atoms with van der Waals surface area (Å²) in [4.78, 5) is 12.7. The van der Waals surface area contributed by atoms with Gasteiger partial charge in [0, 0.05) is 5.56 Å². The van der Waals surface area contributed by atoms with Gasteiger partial charge in [-0.1, -0.05) is 12.1 Å². The van der Waals surface area contributed by atoms with Crippen LogP contribution < -0.4 is 5.56 Å². The van der Waals surface area contributed by atoms with Gasteiger partial charge < -0.3 is 4.42 Å². The van der Waals surface area contributed by atoms with Gasteiger partial charge in [0.25, 0.3) is 5.56 Å². The standard InChI is InChI=1S/C16H12N2O2/c17-9-12-10-5-1-2-6-11(10)15(19)18-13-7-3-4-8-14(13)20-16(12)18/h3-4,7-8H,1-2,5-6H2. The number of rotatable bonds is 0. The largest absolute Gasteiger partial charge is 0.437 e. The number of hydrogen-bond donors (Lipinski definition) is 0. The summed E-state index contributed by atoms with van der Waals surface area (Å²) >= 11 is 0. The lowest BCUT2D eigenvalue weighted by molar-refractivity contribution is 0.634. The molecule has 20 heavy (non-hydrogen) atoms. The number of aromatic nitrogens is 1. The van der Waals surface area contributed by atoms with E-state index in [2.05, 4.69) is 6.07 Å². The van der Waals surface area contributed by atoms with Gasteiger partial charge in [0.1, 0.15) is 11.6 Å². The average molecular weight is 264 g/mol. The lowest BCUT2D eigenvalue weighted by Gasteiger charge is -2.16. The molecule has 2 heterocycles. The SMILES string of the molecule is N#Cc1c2c(c(=O)n3c1oc1ccccc13)CCCC2. The fourth-order valence-electron chi connectivity index (χ4n) is 3.15. The molecule has 98 valence electrons. The molecule has 1 aromatic carbocycles. The Hall–Kier alpha value is -2.54. The number of oxazole rings is 1. The van der Waals surface area contributed by atoms with Crippen LogP contribution in [0.1, 0.15) is 29.5 Å². The highest BCUT2D eigenvalue weighted by molar-refractivity contribution is 5.79. The highest BCUT2D eigenvalue weighted by atomic mass is 16.3. The van der Waals surface area contributed by atoms with Crippen LogP contribution in [0.15, 0.2) is 33.5 Å². The van der Waals surface area contributed by atoms with Crippen molar-refractivity contribution in [3.8, 4) is 6.07 Å². The summed E-state index contributed by atoms with van der Waals surface area (Å²) in [5.41, 5.74) is 3.94. The van der Waals surface area contributed by atoms with Crippen molar-refractivity contribution in [2.75, 3.05) is 0 Å². The van der Waals surface area contributed by atoms with Crippen molar-refractivity contribution >= 4 is 16.8 Å². The molecule has 0 atom stereocenters. The van der Waals surface area contributed by atoms with E-state index in [1.54, 1.807) is 4.40 Å². The summed E-state index contributed by atoms with van der Waals surface area (Å²) in [6.45, 7) is 0. The lowest BCUT2D eigenvalue weighted by Crippen LogP contribution is -2.24. The predicted octanol–water partition coefficient (Wildman–Crippen LogP) is 2.80. The van der Waals surface area contributed by atoms with Crippen molar-refractivity contribution in [1.82, 2.24) is 4.40 Å². The van der Waals surface area contributed by atoms with Crippen molar-refractivity contribution in [3.63, 3.8) is 0 Å². The Bertz CT molecular complexity index is 941. The van der Waals surface area contributed by atoms with E-state index in [0.29, 0.717) is 16.9 Å². The van der Waals surface area contributed by atoms with E-state index in [1.807, 2.05) is 24.3 Å². The number of hydrogen-bond acceptors (Lipinski definition) is 3. The molecule has 0 fully saturated rings. The van der Waals surface area contributed by atoms with Gasteiger partial charge in [-0.3, -0.25) is 4.79 Å². The van der Waals surface area contributed by atoms with Crippen LogP contribution in [0, 0.1) is 11.3 Å². The van der Waals surface area contributed by atoms with E-state index in [-0.39, 0.29) is 5.56 Å². The molecule has 1 aliphatic rings. The Morgan fingerprint density at radius 1 is 1.15 bits per heavy atom. The summed E-state index contributed by atoms with van der Waals surface area (Å²) in [6.07, 6.45) is 3.58. The summed E-state index contributed by atoms with van der Waals surface area (Å²) < 4.78 is 7.32. The molecule has 2 aromatic heterocycles. The van der Waals surface area contributed by atoms with Crippen LogP contribution in [-0.2, 0) is 12.8 Å². The van der Waals surface area contributed by atoms with E-state index >= 15 is 0 Å². The third-order valence-corrected chi connectivity index (χ3v) is 4.07. The first kappa shape index (κ1) is 11.3. The fraction of sp³-hybridized carbons (Fsp3) is 0.250. The first-order valence-electron chi connectivity index (χ1n) is 6.79. The Balaban J connectivity index is 2.30. The van der Waals surface area contributed by atoms with E-state index in [4.69, 9.17) is 4.42 Å². The van der Waals surface area contributed by atoms with Gasteiger partial charge in [-0.15, -0.1) is 0 Å². The highest BCUT2D eigenvalue weighted by Crippen LogP contribution is 2.28. The average Bonchev–Trinajstić information content (AvgIpc) is 2.87. The van der Waals surface area contributed by atoms with Crippen LogP contribution in [0.4, 0.5) is 0 Å². The molecular weight excluding hydrogens is 252 g/mol. The van der Waals surface area contributed by atoms with Gasteiger partial charge >= 0.3 is 0 Å². The van der Waals surface area contributed by atoms with Crippen LogP contribution in [0.2, 0.25) is 0 Å². The molecule has 0 unspecified atom stereocenters. The predicted molar refractivity (Wildman–Crippen MR) is 74.8 cm³/mol. The molecule has 1 aliphatic carbocycles. The zero-order valence-corrected chi connectivity index (χ0v) is 10.8. The molecule has 0 aliphatic heterocycles. The maximum atomic E-state index is 12.7. The molecule has 4 heteroatoms. The van der Waals surface area contributed by atoms with Crippen LogP contribution in [0.25, 0.3) is 16.8 Å². The van der Waals surface area contributed by atoms with Gasteiger partial charge in [-0.05, 0) is 43.4 Å². The summed E-state index contributed by atoms with van der Waals surface area (Å²) in [7, 11) is 0. The zero-order chi connectivity index (χ0) is 13.7. The van der Waals surface area contributed by atoms with Crippen molar-refractivity contribution in [2.45, 2.75) is 25.7 Å². The monoisotopic (exact) mass is 264 g/mol. The van der Waals surface area contributed by atoms with Crippen molar-refractivity contribution in [3.05, 3.63) is 51.3 Å². The second kappa shape index (κ2) is 3.97. The molecule has 3 aromatic rings. The molecule has 0 saturated heterocycles. The Kier molecular flexibility index (Phi) is 2.25. The number of benzene rings is 1. The van der Waals surface area contributed by atoms with Crippen LogP contribution in [0.3, 0.4) is 0 Å². The number of nitriles is 1. The van der Waals surface area contributed by atoms with Gasteiger partial charge in [0.05, 0.1) is 5.52 Å². The van der Waals surface area contributed by atoms with Crippen LogP contribution in [0.5, 0.6) is 0 Å². The minimum Gasteiger partial charge on any atom is -0.437 e.